The fourth-order valence-corrected chi connectivity index (χ4v) is 4.11. The van der Waals surface area contributed by atoms with Gasteiger partial charge in [-0.3, -0.25) is 9.59 Å². The molecule has 0 radical (unpaired) electrons. The molecule has 3 unspecified atom stereocenters. The lowest BCUT2D eigenvalue weighted by molar-refractivity contribution is -0.161. The summed E-state index contributed by atoms with van der Waals surface area (Å²) < 4.78 is 26.5. The molecule has 2 aromatic rings. The number of esters is 1. The standard InChI is InChI=1S/C21H22FNO4/c1-20(2,3)27-18(24)14-8-9-21(22)17(14)13-7-6-12(16-5-4-10-26-16)11-15(13)23-19(21)25/h4-7,10-11,14,17H,8-9H2,1-3H3,(H,23,25). The number of fused-ring (bicyclic) bond motifs is 3. The molecule has 1 N–H and O–H groups in total. The highest BCUT2D eigenvalue weighted by molar-refractivity contribution is 6.03. The van der Waals surface area contributed by atoms with Crippen LogP contribution in [0.3, 0.4) is 0 Å². The minimum Gasteiger partial charge on any atom is -0.464 e. The second-order valence-corrected chi connectivity index (χ2v) is 8.25. The Morgan fingerprint density at radius 1 is 1.33 bits per heavy atom. The summed E-state index contributed by atoms with van der Waals surface area (Å²) in [4.78, 5) is 25.2. The number of halogens is 1. The Balaban J connectivity index is 1.75. The number of furan rings is 1. The van der Waals surface area contributed by atoms with E-state index in [0.29, 0.717) is 17.0 Å². The molecule has 6 heteroatoms. The maximum absolute atomic E-state index is 15.6. The van der Waals surface area contributed by atoms with Crippen LogP contribution in [0.1, 0.15) is 45.1 Å². The zero-order chi connectivity index (χ0) is 19.4. The first-order valence-electron chi connectivity index (χ1n) is 9.10. The third kappa shape index (κ3) is 2.93. The summed E-state index contributed by atoms with van der Waals surface area (Å²) in [5.41, 5.74) is -0.844. The van der Waals surface area contributed by atoms with Crippen molar-refractivity contribution in [1.82, 2.24) is 0 Å². The van der Waals surface area contributed by atoms with Gasteiger partial charge in [-0.15, -0.1) is 0 Å². The summed E-state index contributed by atoms with van der Waals surface area (Å²) in [5, 5.41) is 2.67. The van der Waals surface area contributed by atoms with Crippen molar-refractivity contribution in [1.29, 1.82) is 0 Å². The van der Waals surface area contributed by atoms with Crippen LogP contribution >= 0.6 is 0 Å². The number of hydrogen-bond donors (Lipinski definition) is 1. The van der Waals surface area contributed by atoms with E-state index in [9.17, 15) is 9.59 Å². The average Bonchev–Trinajstić information content (AvgIpc) is 3.21. The largest absolute Gasteiger partial charge is 0.464 e. The number of nitrogens with one attached hydrogen (secondary N) is 1. The SMILES string of the molecule is CC(C)(C)OC(=O)C1CCC2(F)C(=O)Nc3cc(-c4ccco4)ccc3C12. The predicted molar refractivity (Wildman–Crippen MR) is 97.9 cm³/mol. The van der Waals surface area contributed by atoms with Gasteiger partial charge < -0.3 is 14.5 Å². The molecular formula is C21H22FNO4. The van der Waals surface area contributed by atoms with Crippen molar-refractivity contribution < 1.29 is 23.1 Å². The molecule has 0 bridgehead atoms. The lowest BCUT2D eigenvalue weighted by Gasteiger charge is -2.36. The van der Waals surface area contributed by atoms with Gasteiger partial charge in [0.15, 0.2) is 5.67 Å². The van der Waals surface area contributed by atoms with E-state index in [2.05, 4.69) is 5.32 Å². The van der Waals surface area contributed by atoms with Crippen molar-refractivity contribution >= 4 is 17.6 Å². The average molecular weight is 371 g/mol. The third-order valence-electron chi connectivity index (χ3n) is 5.24. The van der Waals surface area contributed by atoms with Gasteiger partial charge in [-0.1, -0.05) is 12.1 Å². The molecule has 142 valence electrons. The van der Waals surface area contributed by atoms with Gasteiger partial charge in [0.05, 0.1) is 12.2 Å². The number of amides is 1. The van der Waals surface area contributed by atoms with E-state index in [4.69, 9.17) is 9.15 Å². The Bertz CT molecular complexity index is 899. The summed E-state index contributed by atoms with van der Waals surface area (Å²) in [6.07, 6.45) is 1.85. The summed E-state index contributed by atoms with van der Waals surface area (Å²) in [6.45, 7) is 5.33. The quantitative estimate of drug-likeness (QED) is 0.793. The fourth-order valence-electron chi connectivity index (χ4n) is 4.11. The molecule has 0 spiro atoms. The first kappa shape index (κ1) is 17.8. The molecule has 3 atom stereocenters. The van der Waals surface area contributed by atoms with Crippen LogP contribution in [0.25, 0.3) is 11.3 Å². The Kier molecular flexibility index (Phi) is 3.91. The number of benzene rings is 1. The highest BCUT2D eigenvalue weighted by Crippen LogP contribution is 2.55. The zero-order valence-corrected chi connectivity index (χ0v) is 15.5. The number of anilines is 1. The lowest BCUT2D eigenvalue weighted by Crippen LogP contribution is -2.47. The number of carbonyl (C=O) groups is 2. The van der Waals surface area contributed by atoms with Gasteiger partial charge in [0.25, 0.3) is 5.91 Å². The number of carbonyl (C=O) groups excluding carboxylic acids is 2. The van der Waals surface area contributed by atoms with Gasteiger partial charge in [-0.05, 0) is 57.4 Å². The van der Waals surface area contributed by atoms with Crippen LogP contribution in [-0.4, -0.2) is 23.1 Å². The maximum atomic E-state index is 15.6. The van der Waals surface area contributed by atoms with Gasteiger partial charge >= 0.3 is 5.97 Å². The Hall–Kier alpha value is -2.63. The van der Waals surface area contributed by atoms with Crippen molar-refractivity contribution in [2.24, 2.45) is 5.92 Å². The van der Waals surface area contributed by atoms with Crippen LogP contribution in [0, 0.1) is 5.92 Å². The molecular weight excluding hydrogens is 349 g/mol. The predicted octanol–water partition coefficient (Wildman–Crippen LogP) is 4.44. The van der Waals surface area contributed by atoms with E-state index < -0.39 is 35.0 Å². The normalized spacial score (nSPS) is 26.9. The van der Waals surface area contributed by atoms with Crippen LogP contribution in [0.15, 0.2) is 41.0 Å². The maximum Gasteiger partial charge on any atom is 0.310 e. The fraction of sp³-hybridized carbons (Fsp3) is 0.429. The van der Waals surface area contributed by atoms with Gasteiger partial charge in [-0.25, -0.2) is 4.39 Å². The molecule has 1 aliphatic heterocycles. The number of alkyl halides is 1. The monoisotopic (exact) mass is 371 g/mol. The first-order valence-corrected chi connectivity index (χ1v) is 9.10. The van der Waals surface area contributed by atoms with E-state index >= 15 is 4.39 Å². The zero-order valence-electron chi connectivity index (χ0n) is 15.5. The van der Waals surface area contributed by atoms with Gasteiger partial charge in [0.2, 0.25) is 0 Å². The summed E-state index contributed by atoms with van der Waals surface area (Å²) in [7, 11) is 0. The molecule has 2 heterocycles. The summed E-state index contributed by atoms with van der Waals surface area (Å²) in [5.74, 6) is -2.03. The van der Waals surface area contributed by atoms with E-state index in [-0.39, 0.29) is 12.8 Å². The van der Waals surface area contributed by atoms with Crippen molar-refractivity contribution in [2.75, 3.05) is 5.32 Å². The second kappa shape index (κ2) is 5.94. The molecule has 0 saturated heterocycles. The van der Waals surface area contributed by atoms with E-state index in [0.717, 1.165) is 5.56 Å². The molecule has 1 amide bonds. The van der Waals surface area contributed by atoms with Crippen molar-refractivity contribution in [3.63, 3.8) is 0 Å². The third-order valence-corrected chi connectivity index (χ3v) is 5.24. The highest BCUT2D eigenvalue weighted by atomic mass is 19.1. The van der Waals surface area contributed by atoms with Gasteiger partial charge in [0.1, 0.15) is 11.4 Å². The molecule has 4 rings (SSSR count). The van der Waals surface area contributed by atoms with Crippen LogP contribution < -0.4 is 5.32 Å². The van der Waals surface area contributed by atoms with E-state index in [1.807, 2.05) is 12.1 Å². The van der Waals surface area contributed by atoms with Gasteiger partial charge in [-0.2, -0.15) is 0 Å². The topological polar surface area (TPSA) is 68.5 Å². The number of ether oxygens (including phenoxy) is 1. The molecule has 27 heavy (non-hydrogen) atoms. The molecule has 1 fully saturated rings. The van der Waals surface area contributed by atoms with Crippen molar-refractivity contribution in [3.8, 4) is 11.3 Å². The molecule has 1 aliphatic carbocycles. The number of rotatable bonds is 2. The van der Waals surface area contributed by atoms with Crippen LogP contribution in [0.5, 0.6) is 0 Å². The minimum absolute atomic E-state index is 0.00673. The molecule has 1 saturated carbocycles. The smallest absolute Gasteiger partial charge is 0.310 e. The summed E-state index contributed by atoms with van der Waals surface area (Å²) >= 11 is 0. The second-order valence-electron chi connectivity index (χ2n) is 8.25. The molecule has 2 aliphatic rings. The Morgan fingerprint density at radius 3 is 2.78 bits per heavy atom. The lowest BCUT2D eigenvalue weighted by atomic mass is 9.77. The highest BCUT2D eigenvalue weighted by Gasteiger charge is 2.60. The Morgan fingerprint density at radius 2 is 2.11 bits per heavy atom. The molecule has 1 aromatic carbocycles. The van der Waals surface area contributed by atoms with Gasteiger partial charge in [0, 0.05) is 17.2 Å². The minimum atomic E-state index is -2.10. The van der Waals surface area contributed by atoms with Crippen molar-refractivity contribution in [2.45, 2.75) is 50.8 Å². The number of hydrogen-bond acceptors (Lipinski definition) is 4. The molecule has 1 aromatic heterocycles. The molecule has 5 nitrogen and oxygen atoms in total. The Labute approximate surface area is 156 Å². The van der Waals surface area contributed by atoms with Crippen LogP contribution in [-0.2, 0) is 14.3 Å². The van der Waals surface area contributed by atoms with E-state index in [1.54, 1.807) is 45.2 Å². The first-order chi connectivity index (χ1) is 12.7. The van der Waals surface area contributed by atoms with Crippen LogP contribution in [0.2, 0.25) is 0 Å². The summed E-state index contributed by atoms with van der Waals surface area (Å²) in [6, 6.07) is 8.94. The van der Waals surface area contributed by atoms with E-state index in [1.165, 1.54) is 0 Å². The van der Waals surface area contributed by atoms with Crippen molar-refractivity contribution in [3.05, 3.63) is 42.2 Å². The van der Waals surface area contributed by atoms with Crippen LogP contribution in [0.4, 0.5) is 10.1 Å².